The minimum absolute atomic E-state index is 0.165. The van der Waals surface area contributed by atoms with E-state index in [0.717, 1.165) is 5.56 Å². The maximum atomic E-state index is 14.5. The first-order chi connectivity index (χ1) is 24.6. The zero-order chi connectivity index (χ0) is 41.8. The summed E-state index contributed by atoms with van der Waals surface area (Å²) in [5.41, 5.74) is 1.02. The monoisotopic (exact) mass is 796 g/mol. The molecular weight excluding hydrogens is 773 g/mol. The molecule has 0 radical (unpaired) electrons. The number of hydrogen-bond acceptors (Lipinski definition) is 10. The molecule has 54 heavy (non-hydrogen) atoms. The van der Waals surface area contributed by atoms with E-state index in [0.29, 0.717) is 16.9 Å². The molecule has 0 atom stereocenters. The van der Waals surface area contributed by atoms with Gasteiger partial charge in [0.2, 0.25) is 11.9 Å². The van der Waals surface area contributed by atoms with Crippen LogP contribution >= 0.6 is 0 Å². The summed E-state index contributed by atoms with van der Waals surface area (Å²) in [7, 11) is 0. The molecule has 4 aromatic heterocycles. The Kier molecular flexibility index (Phi) is 15.5. The van der Waals surface area contributed by atoms with Gasteiger partial charge in [-0.15, -0.1) is 0 Å². The number of amides is 1. The van der Waals surface area contributed by atoms with Gasteiger partial charge >= 0.3 is 42.4 Å². The van der Waals surface area contributed by atoms with Crippen molar-refractivity contribution in [2.75, 3.05) is 11.9 Å². The lowest BCUT2D eigenvalue weighted by Crippen LogP contribution is -2.31. The molecule has 27 heteroatoms. The van der Waals surface area contributed by atoms with E-state index in [9.17, 15) is 57.9 Å². The van der Waals surface area contributed by atoms with Gasteiger partial charge in [-0.3, -0.25) is 14.6 Å². The van der Waals surface area contributed by atoms with E-state index >= 15 is 0 Å². The molecule has 0 bridgehead atoms. The number of aromatic nitrogens is 6. The molecule has 16 nitrogen and oxygen atoms in total. The third kappa shape index (κ3) is 14.7. The lowest BCUT2D eigenvalue weighted by atomic mass is 10.2. The normalized spacial score (nSPS) is 11.4. The maximum absolute atomic E-state index is 14.5. The van der Waals surface area contributed by atoms with Crippen LogP contribution in [0.4, 0.5) is 54.1 Å². The number of aromatic amines is 1. The Bertz CT molecular complexity index is 1920. The highest BCUT2D eigenvalue weighted by Gasteiger charge is 2.39. The second-order valence-electron chi connectivity index (χ2n) is 9.75. The van der Waals surface area contributed by atoms with Gasteiger partial charge in [0.1, 0.15) is 11.2 Å². The molecule has 4 heterocycles. The number of fused-ring (bicyclic) bond motifs is 1. The maximum Gasteiger partial charge on any atom is 0.490 e. The van der Waals surface area contributed by atoms with Gasteiger partial charge in [-0.25, -0.2) is 33.9 Å². The van der Waals surface area contributed by atoms with Gasteiger partial charge in [-0.2, -0.15) is 48.3 Å². The highest BCUT2D eigenvalue weighted by atomic mass is 19.4. The zero-order valence-electron chi connectivity index (χ0n) is 26.7. The summed E-state index contributed by atoms with van der Waals surface area (Å²) in [5, 5.41) is 26.5. The first kappa shape index (κ1) is 45.6. The van der Waals surface area contributed by atoms with E-state index in [1.54, 1.807) is 19.2 Å². The molecule has 0 fully saturated rings. The highest BCUT2D eigenvalue weighted by Crippen LogP contribution is 2.26. The Morgan fingerprint density at radius 1 is 0.815 bits per heavy atom. The van der Waals surface area contributed by atoms with Crippen LogP contribution in [0, 0.1) is 6.92 Å². The number of nitrogens with one attached hydrogen (secondary N) is 3. The van der Waals surface area contributed by atoms with E-state index in [-0.39, 0.29) is 24.2 Å². The molecule has 4 aromatic rings. The minimum Gasteiger partial charge on any atom is -0.475 e. The largest absolute Gasteiger partial charge is 0.490 e. The molecule has 6 N–H and O–H groups in total. The molecule has 0 aliphatic carbocycles. The molecule has 0 aliphatic heterocycles. The SMILES string of the molecule is CC(=O)NCc1cnc2[nH]c(-n3c(C)cnc(NCC(F)(F)c4ccccn4)c3=O)nc2c1.O=C(O)C(F)(F)F.O=C(O)C(F)(F)F.O=C(O)C(F)(F)F. The van der Waals surface area contributed by atoms with Gasteiger partial charge < -0.3 is 30.9 Å². The summed E-state index contributed by atoms with van der Waals surface area (Å²) in [4.78, 5) is 70.1. The van der Waals surface area contributed by atoms with Crippen LogP contribution < -0.4 is 16.2 Å². The molecule has 0 aromatic carbocycles. The first-order valence-corrected chi connectivity index (χ1v) is 13.7. The van der Waals surface area contributed by atoms with E-state index in [2.05, 4.69) is 35.6 Å². The van der Waals surface area contributed by atoms with Crippen molar-refractivity contribution in [3.05, 3.63) is 70.2 Å². The van der Waals surface area contributed by atoms with Crippen molar-refractivity contribution >= 4 is 40.8 Å². The van der Waals surface area contributed by atoms with Crippen molar-refractivity contribution in [1.29, 1.82) is 0 Å². The van der Waals surface area contributed by atoms with Gasteiger partial charge in [-0.1, -0.05) is 6.07 Å². The predicted molar refractivity (Wildman–Crippen MR) is 157 cm³/mol. The molecule has 0 aliphatic rings. The zero-order valence-corrected chi connectivity index (χ0v) is 26.7. The Hall–Kier alpha value is -6.44. The van der Waals surface area contributed by atoms with E-state index in [4.69, 9.17) is 29.7 Å². The molecule has 0 unspecified atom stereocenters. The Labute approximate surface area is 291 Å². The summed E-state index contributed by atoms with van der Waals surface area (Å²) in [6.45, 7) is 2.48. The Morgan fingerprint density at radius 2 is 1.33 bits per heavy atom. The number of nitrogens with zero attached hydrogens (tertiary/aromatic N) is 5. The minimum atomic E-state index is -5.08. The van der Waals surface area contributed by atoms with E-state index in [1.807, 2.05) is 0 Å². The highest BCUT2D eigenvalue weighted by molar-refractivity contribution is 5.75. The smallest absolute Gasteiger partial charge is 0.475 e. The van der Waals surface area contributed by atoms with Crippen molar-refractivity contribution < 1.29 is 82.8 Å². The second kappa shape index (κ2) is 18.4. The first-order valence-electron chi connectivity index (χ1n) is 13.7. The Balaban J connectivity index is 0.000000566. The Morgan fingerprint density at radius 3 is 1.78 bits per heavy atom. The molecular formula is C27H23F11N8O8. The number of carbonyl (C=O) groups is 4. The van der Waals surface area contributed by atoms with Crippen LogP contribution in [-0.4, -0.2) is 93.7 Å². The lowest BCUT2D eigenvalue weighted by molar-refractivity contribution is -0.193. The van der Waals surface area contributed by atoms with E-state index < -0.39 is 60.2 Å². The van der Waals surface area contributed by atoms with Crippen LogP contribution in [-0.2, 0) is 31.6 Å². The number of pyridine rings is 2. The van der Waals surface area contributed by atoms with Gasteiger partial charge in [0.05, 0.1) is 6.54 Å². The van der Waals surface area contributed by atoms with Crippen molar-refractivity contribution in [3.63, 3.8) is 0 Å². The summed E-state index contributed by atoms with van der Waals surface area (Å²) >= 11 is 0. The van der Waals surface area contributed by atoms with Gasteiger partial charge in [-0.05, 0) is 30.7 Å². The van der Waals surface area contributed by atoms with Gasteiger partial charge in [0.25, 0.3) is 5.56 Å². The molecule has 296 valence electrons. The van der Waals surface area contributed by atoms with E-state index in [1.165, 1.54) is 42.1 Å². The predicted octanol–water partition coefficient (Wildman–Crippen LogP) is 3.95. The third-order valence-corrected chi connectivity index (χ3v) is 5.52. The van der Waals surface area contributed by atoms with Crippen LogP contribution in [0.15, 0.2) is 47.7 Å². The molecule has 0 saturated carbocycles. The average Bonchev–Trinajstić information content (AvgIpc) is 3.46. The number of halogens is 11. The quantitative estimate of drug-likeness (QED) is 0.145. The fraction of sp³-hybridized carbons (Fsp3) is 0.296. The number of carbonyl (C=O) groups excluding carboxylic acids is 1. The standard InChI is InChI=1S/C21H20F2N8O2.3C2HF3O2/c1-12-8-26-18(28-11-21(22,23)16-5-3-4-6-24-16)19(33)31(12)20-29-15-7-14(9-25-13(2)32)10-27-17(15)30-20;3*3-2(4,5)1(6)7/h3-8,10H,9,11H2,1-2H3,(H,25,32)(H,26,28)(H,27,29,30);3*(H,6,7). The topological polar surface area (TPSA) is 242 Å². The number of hydrogen-bond donors (Lipinski definition) is 6. The lowest BCUT2D eigenvalue weighted by Gasteiger charge is -2.17. The number of imidazole rings is 1. The van der Waals surface area contributed by atoms with Crippen LogP contribution in [0.3, 0.4) is 0 Å². The van der Waals surface area contributed by atoms with Gasteiger partial charge in [0.15, 0.2) is 11.5 Å². The third-order valence-electron chi connectivity index (χ3n) is 5.52. The molecule has 4 rings (SSSR count). The van der Waals surface area contributed by atoms with Crippen LogP contribution in [0.25, 0.3) is 17.1 Å². The number of aryl methyl sites for hydroxylation is 1. The number of anilines is 1. The number of aliphatic carboxylic acids is 3. The average molecular weight is 797 g/mol. The fourth-order valence-electron chi connectivity index (χ4n) is 3.14. The summed E-state index contributed by atoms with van der Waals surface area (Å²) in [6.07, 6.45) is -11.0. The summed E-state index contributed by atoms with van der Waals surface area (Å²) in [6, 6.07) is 5.94. The summed E-state index contributed by atoms with van der Waals surface area (Å²) in [5.74, 6) is -11.8. The van der Waals surface area contributed by atoms with Crippen LogP contribution in [0.5, 0.6) is 0 Å². The van der Waals surface area contributed by atoms with Crippen LogP contribution in [0.1, 0.15) is 23.9 Å². The number of carboxylic acids is 3. The second-order valence-corrected chi connectivity index (χ2v) is 9.75. The van der Waals surface area contributed by atoms with Crippen molar-refractivity contribution in [2.24, 2.45) is 0 Å². The van der Waals surface area contributed by atoms with Crippen molar-refractivity contribution in [3.8, 4) is 5.95 Å². The number of rotatable bonds is 7. The number of carboxylic acid groups (broad SMARTS) is 3. The van der Waals surface area contributed by atoms with Crippen LogP contribution in [0.2, 0.25) is 0 Å². The summed E-state index contributed by atoms with van der Waals surface area (Å²) < 4.78 is 125. The number of H-pyrrole nitrogens is 1. The molecule has 0 saturated heterocycles. The fourth-order valence-corrected chi connectivity index (χ4v) is 3.14. The van der Waals surface area contributed by atoms with Crippen molar-refractivity contribution in [1.82, 2.24) is 34.8 Å². The number of alkyl halides is 11. The molecule has 1 amide bonds. The van der Waals surface area contributed by atoms with Crippen molar-refractivity contribution in [2.45, 2.75) is 44.8 Å². The van der Waals surface area contributed by atoms with Gasteiger partial charge in [0, 0.05) is 37.8 Å². The molecule has 0 spiro atoms.